The molecular formula is C16H21N7O. The van der Waals surface area contributed by atoms with E-state index in [1.807, 2.05) is 26.8 Å². The minimum atomic E-state index is -0.464. The second-order valence-electron chi connectivity index (χ2n) is 5.96. The Kier molecular flexibility index (Phi) is 4.28. The molecular weight excluding hydrogens is 306 g/mol. The molecule has 2 aromatic rings. The van der Waals surface area contributed by atoms with E-state index < -0.39 is 5.91 Å². The van der Waals surface area contributed by atoms with Crippen molar-refractivity contribution in [1.29, 1.82) is 0 Å². The number of amides is 1. The zero-order valence-electron chi connectivity index (χ0n) is 14.2. The summed E-state index contributed by atoms with van der Waals surface area (Å²) in [5.74, 6) is 1.03. The lowest BCUT2D eigenvalue weighted by Gasteiger charge is -2.36. The van der Waals surface area contributed by atoms with Gasteiger partial charge in [-0.15, -0.1) is 5.10 Å². The van der Waals surface area contributed by atoms with Crippen molar-refractivity contribution in [1.82, 2.24) is 20.2 Å². The lowest BCUT2D eigenvalue weighted by Crippen LogP contribution is -2.48. The molecule has 0 spiro atoms. The van der Waals surface area contributed by atoms with Crippen LogP contribution >= 0.6 is 0 Å². The van der Waals surface area contributed by atoms with Crippen molar-refractivity contribution in [3.8, 4) is 0 Å². The van der Waals surface area contributed by atoms with Gasteiger partial charge in [-0.1, -0.05) is 0 Å². The quantitative estimate of drug-likeness (QED) is 0.881. The maximum Gasteiger partial charge on any atom is 0.252 e. The average molecular weight is 327 g/mol. The number of carbonyl (C=O) groups is 1. The second kappa shape index (κ2) is 6.38. The summed E-state index contributed by atoms with van der Waals surface area (Å²) in [6.45, 7) is 8.64. The van der Waals surface area contributed by atoms with Crippen LogP contribution in [-0.2, 0) is 0 Å². The number of aromatic nitrogens is 4. The van der Waals surface area contributed by atoms with Crippen molar-refractivity contribution in [2.75, 3.05) is 36.0 Å². The molecule has 0 bridgehead atoms. The highest BCUT2D eigenvalue weighted by molar-refractivity contribution is 5.99. The molecule has 2 N–H and O–H groups in total. The zero-order chi connectivity index (χ0) is 17.3. The van der Waals surface area contributed by atoms with Gasteiger partial charge in [0.15, 0.2) is 5.82 Å². The molecule has 3 heterocycles. The molecule has 8 heteroatoms. The van der Waals surface area contributed by atoms with E-state index in [-0.39, 0.29) is 0 Å². The number of hydrogen-bond donors (Lipinski definition) is 1. The van der Waals surface area contributed by atoms with Crippen LogP contribution in [0.3, 0.4) is 0 Å². The van der Waals surface area contributed by atoms with E-state index >= 15 is 0 Å². The predicted octanol–water partition coefficient (Wildman–Crippen LogP) is 0.617. The van der Waals surface area contributed by atoms with Crippen molar-refractivity contribution < 1.29 is 4.79 Å². The van der Waals surface area contributed by atoms with Gasteiger partial charge in [0.2, 0.25) is 0 Å². The molecule has 1 aliphatic rings. The Morgan fingerprint density at radius 1 is 1.04 bits per heavy atom. The van der Waals surface area contributed by atoms with Gasteiger partial charge < -0.3 is 15.5 Å². The van der Waals surface area contributed by atoms with E-state index in [0.717, 1.165) is 48.9 Å². The summed E-state index contributed by atoms with van der Waals surface area (Å²) < 4.78 is 0. The lowest BCUT2D eigenvalue weighted by molar-refractivity contribution is 0.0999. The molecule has 1 aliphatic heterocycles. The van der Waals surface area contributed by atoms with Crippen LogP contribution in [0.25, 0.3) is 0 Å². The summed E-state index contributed by atoms with van der Waals surface area (Å²) >= 11 is 0. The molecule has 0 atom stereocenters. The Bertz CT molecular complexity index is 769. The fourth-order valence-corrected chi connectivity index (χ4v) is 2.87. The van der Waals surface area contributed by atoms with E-state index in [9.17, 15) is 4.79 Å². The van der Waals surface area contributed by atoms with Crippen molar-refractivity contribution in [3.63, 3.8) is 0 Å². The van der Waals surface area contributed by atoms with Crippen molar-refractivity contribution in [2.24, 2.45) is 5.73 Å². The van der Waals surface area contributed by atoms with Crippen molar-refractivity contribution >= 4 is 17.5 Å². The molecule has 0 aliphatic carbocycles. The first-order valence-corrected chi connectivity index (χ1v) is 7.89. The average Bonchev–Trinajstić information content (AvgIpc) is 2.57. The monoisotopic (exact) mass is 327 g/mol. The van der Waals surface area contributed by atoms with Gasteiger partial charge in [-0.25, -0.2) is 9.97 Å². The standard InChI is InChI=1S/C16H21N7O/c1-10-8-13(19-9-18-10)22-4-6-23(7-5-22)16-14(15(17)24)11(2)12(3)20-21-16/h8-9H,4-7H2,1-3H3,(H2,17,24). The second-order valence-corrected chi connectivity index (χ2v) is 5.96. The molecule has 2 aromatic heterocycles. The molecule has 24 heavy (non-hydrogen) atoms. The first kappa shape index (κ1) is 16.1. The number of piperazine rings is 1. The molecule has 126 valence electrons. The van der Waals surface area contributed by atoms with Gasteiger partial charge in [-0.05, 0) is 26.3 Å². The Morgan fingerprint density at radius 2 is 1.71 bits per heavy atom. The maximum atomic E-state index is 11.9. The first-order valence-electron chi connectivity index (χ1n) is 7.89. The topological polar surface area (TPSA) is 101 Å². The Balaban J connectivity index is 1.80. The normalized spacial score (nSPS) is 14.8. The molecule has 0 unspecified atom stereocenters. The van der Waals surface area contributed by atoms with Gasteiger partial charge in [0.05, 0.1) is 11.3 Å². The zero-order valence-corrected chi connectivity index (χ0v) is 14.2. The molecule has 1 fully saturated rings. The summed E-state index contributed by atoms with van der Waals surface area (Å²) in [5, 5.41) is 8.38. The molecule has 1 saturated heterocycles. The Hall–Kier alpha value is -2.77. The van der Waals surface area contributed by atoms with Crippen LogP contribution in [0.1, 0.15) is 27.3 Å². The van der Waals surface area contributed by atoms with Crippen molar-refractivity contribution in [3.05, 3.63) is 34.9 Å². The van der Waals surface area contributed by atoms with Crippen LogP contribution in [-0.4, -0.2) is 52.3 Å². The minimum Gasteiger partial charge on any atom is -0.365 e. The molecule has 0 saturated carbocycles. The van der Waals surface area contributed by atoms with Crippen LogP contribution in [0.4, 0.5) is 11.6 Å². The highest BCUT2D eigenvalue weighted by Crippen LogP contribution is 2.24. The van der Waals surface area contributed by atoms with E-state index in [1.165, 1.54) is 0 Å². The SMILES string of the molecule is Cc1cc(N2CCN(c3nnc(C)c(C)c3C(N)=O)CC2)ncn1. The number of aryl methyl sites for hydroxylation is 2. The van der Waals surface area contributed by atoms with Crippen LogP contribution in [0.15, 0.2) is 12.4 Å². The third-order valence-corrected chi connectivity index (χ3v) is 4.37. The van der Waals surface area contributed by atoms with Gasteiger partial charge in [0.25, 0.3) is 5.91 Å². The number of hydrogen-bond acceptors (Lipinski definition) is 7. The summed E-state index contributed by atoms with van der Waals surface area (Å²) in [6.07, 6.45) is 1.58. The fraction of sp³-hybridized carbons (Fsp3) is 0.438. The number of nitrogens with two attached hydrogens (primary N) is 1. The van der Waals surface area contributed by atoms with Crippen LogP contribution in [0.5, 0.6) is 0 Å². The highest BCUT2D eigenvalue weighted by Gasteiger charge is 2.25. The first-order chi connectivity index (χ1) is 11.5. The minimum absolute atomic E-state index is 0.464. The van der Waals surface area contributed by atoms with Crippen molar-refractivity contribution in [2.45, 2.75) is 20.8 Å². The number of primary amides is 1. The van der Waals surface area contributed by atoms with E-state index in [0.29, 0.717) is 11.4 Å². The molecule has 3 rings (SSSR count). The predicted molar refractivity (Wildman–Crippen MR) is 91.2 cm³/mol. The fourth-order valence-electron chi connectivity index (χ4n) is 2.87. The Labute approximate surface area is 140 Å². The molecule has 0 radical (unpaired) electrons. The van der Waals surface area contributed by atoms with E-state index in [2.05, 4.69) is 30.0 Å². The number of carbonyl (C=O) groups excluding carboxylic acids is 1. The van der Waals surface area contributed by atoms with Crippen LogP contribution < -0.4 is 15.5 Å². The number of anilines is 2. The smallest absolute Gasteiger partial charge is 0.252 e. The number of nitrogens with zero attached hydrogens (tertiary/aromatic N) is 6. The van der Waals surface area contributed by atoms with E-state index in [1.54, 1.807) is 6.33 Å². The lowest BCUT2D eigenvalue weighted by atomic mass is 10.1. The van der Waals surface area contributed by atoms with Gasteiger partial charge in [0.1, 0.15) is 12.1 Å². The third kappa shape index (κ3) is 2.99. The summed E-state index contributed by atoms with van der Waals surface area (Å²) in [5.41, 5.74) is 8.49. The summed E-state index contributed by atoms with van der Waals surface area (Å²) in [4.78, 5) is 24.6. The number of rotatable bonds is 3. The van der Waals surface area contributed by atoms with Gasteiger partial charge in [-0.3, -0.25) is 4.79 Å². The molecule has 8 nitrogen and oxygen atoms in total. The highest BCUT2D eigenvalue weighted by atomic mass is 16.1. The third-order valence-electron chi connectivity index (χ3n) is 4.37. The van der Waals surface area contributed by atoms with Crippen LogP contribution in [0.2, 0.25) is 0 Å². The largest absolute Gasteiger partial charge is 0.365 e. The van der Waals surface area contributed by atoms with Gasteiger partial charge in [-0.2, -0.15) is 5.10 Å². The van der Waals surface area contributed by atoms with Gasteiger partial charge >= 0.3 is 0 Å². The Morgan fingerprint density at radius 3 is 2.33 bits per heavy atom. The van der Waals surface area contributed by atoms with Crippen LogP contribution in [0, 0.1) is 20.8 Å². The van der Waals surface area contributed by atoms with Gasteiger partial charge in [0, 0.05) is 37.9 Å². The maximum absolute atomic E-state index is 11.9. The van der Waals surface area contributed by atoms with E-state index in [4.69, 9.17) is 5.73 Å². The molecule has 0 aromatic carbocycles. The summed E-state index contributed by atoms with van der Waals surface area (Å²) in [7, 11) is 0. The summed E-state index contributed by atoms with van der Waals surface area (Å²) in [6, 6.07) is 1.97. The molecule has 1 amide bonds.